The van der Waals surface area contributed by atoms with Gasteiger partial charge >= 0.3 is 0 Å². The van der Waals surface area contributed by atoms with E-state index < -0.39 is 0 Å². The summed E-state index contributed by atoms with van der Waals surface area (Å²) in [5, 5.41) is 0. The van der Waals surface area contributed by atoms with Crippen molar-refractivity contribution < 1.29 is 4.74 Å². The largest absolute Gasteiger partial charge is 0.493 e. The molecule has 0 N–H and O–H groups in total. The molecule has 0 radical (unpaired) electrons. The molecule has 1 nitrogen and oxygen atoms in total. The first-order valence-electron chi connectivity index (χ1n) is 5.75. The molecule has 1 rings (SSSR count). The minimum Gasteiger partial charge on any atom is -0.493 e. The quantitative estimate of drug-likeness (QED) is 0.618. The average molecular weight is 350 g/mol. The maximum atomic E-state index is 5.49. The summed E-state index contributed by atoms with van der Waals surface area (Å²) in [6.45, 7) is 4.91. The van der Waals surface area contributed by atoms with Gasteiger partial charge < -0.3 is 4.74 Å². The maximum Gasteiger partial charge on any atom is 0.133 e. The number of alkyl halides is 1. The molecule has 3 heteroatoms. The number of unbranched alkanes of at least 4 members (excludes halogenated alkanes) is 1. The molecular formula is C13H18Br2O. The number of benzene rings is 1. The number of hydrogen-bond donors (Lipinski definition) is 0. The molecule has 1 unspecified atom stereocenters. The van der Waals surface area contributed by atoms with Crippen LogP contribution in [0.4, 0.5) is 0 Å². The van der Waals surface area contributed by atoms with E-state index in [0.29, 0.717) is 11.4 Å². The van der Waals surface area contributed by atoms with Crippen LogP contribution in [0.25, 0.3) is 0 Å². The number of ether oxygens (including phenoxy) is 1. The van der Waals surface area contributed by atoms with Crippen molar-refractivity contribution >= 4 is 31.9 Å². The van der Waals surface area contributed by atoms with Gasteiger partial charge in [-0.2, -0.15) is 0 Å². The van der Waals surface area contributed by atoms with Crippen LogP contribution in [0.1, 0.15) is 43.5 Å². The zero-order valence-electron chi connectivity index (χ0n) is 9.80. The van der Waals surface area contributed by atoms with Crippen LogP contribution < -0.4 is 4.74 Å². The van der Waals surface area contributed by atoms with Crippen molar-refractivity contribution in [3.63, 3.8) is 0 Å². The van der Waals surface area contributed by atoms with Gasteiger partial charge in [0.15, 0.2) is 0 Å². The van der Waals surface area contributed by atoms with Crippen LogP contribution in [0.2, 0.25) is 0 Å². The second kappa shape index (κ2) is 7.33. The Bertz CT molecular complexity index is 326. The van der Waals surface area contributed by atoms with Crippen LogP contribution in [0.15, 0.2) is 22.7 Å². The Morgan fingerprint density at radius 2 is 2.06 bits per heavy atom. The molecule has 16 heavy (non-hydrogen) atoms. The van der Waals surface area contributed by atoms with Crippen molar-refractivity contribution in [3.8, 4) is 5.75 Å². The third-order valence-electron chi connectivity index (χ3n) is 2.43. The molecule has 0 fully saturated rings. The molecule has 0 aliphatic heterocycles. The normalized spacial score (nSPS) is 12.5. The lowest BCUT2D eigenvalue weighted by Crippen LogP contribution is -1.95. The zero-order chi connectivity index (χ0) is 12.0. The lowest BCUT2D eigenvalue weighted by molar-refractivity contribution is 0.338. The lowest BCUT2D eigenvalue weighted by Gasteiger charge is -2.12. The Kier molecular flexibility index (Phi) is 6.44. The highest BCUT2D eigenvalue weighted by molar-refractivity contribution is 9.10. The van der Waals surface area contributed by atoms with Gasteiger partial charge in [0.2, 0.25) is 0 Å². The molecule has 1 aromatic rings. The second-order valence-electron chi connectivity index (χ2n) is 3.73. The van der Waals surface area contributed by atoms with E-state index >= 15 is 0 Å². The van der Waals surface area contributed by atoms with Crippen LogP contribution in [-0.2, 0) is 0 Å². The molecule has 0 aliphatic rings. The molecule has 0 aliphatic carbocycles. The van der Waals surface area contributed by atoms with Gasteiger partial charge in [-0.1, -0.05) is 41.8 Å². The van der Waals surface area contributed by atoms with Gasteiger partial charge in [0.25, 0.3) is 0 Å². The predicted molar refractivity (Wildman–Crippen MR) is 76.5 cm³/mol. The van der Waals surface area contributed by atoms with Crippen molar-refractivity contribution in [2.45, 2.75) is 37.9 Å². The van der Waals surface area contributed by atoms with Gasteiger partial charge in [0, 0.05) is 4.83 Å². The number of hydrogen-bond acceptors (Lipinski definition) is 1. The summed E-state index contributed by atoms with van der Waals surface area (Å²) in [5.74, 6) is 0.918. The highest BCUT2D eigenvalue weighted by Gasteiger charge is 2.09. The fourth-order valence-electron chi connectivity index (χ4n) is 1.53. The summed E-state index contributed by atoms with van der Waals surface area (Å²) >= 11 is 7.26. The molecule has 0 saturated carbocycles. The molecule has 0 bridgehead atoms. The van der Waals surface area contributed by atoms with Crippen LogP contribution >= 0.6 is 31.9 Å². The minimum atomic E-state index is 0.444. The smallest absolute Gasteiger partial charge is 0.133 e. The minimum absolute atomic E-state index is 0.444. The molecule has 0 aromatic heterocycles. The van der Waals surface area contributed by atoms with Crippen LogP contribution in [0, 0.1) is 0 Å². The second-order valence-corrected chi connectivity index (χ2v) is 5.69. The van der Waals surface area contributed by atoms with E-state index in [0.717, 1.165) is 10.2 Å². The van der Waals surface area contributed by atoms with Crippen molar-refractivity contribution in [1.29, 1.82) is 0 Å². The van der Waals surface area contributed by atoms with Crippen molar-refractivity contribution in [3.05, 3.63) is 28.2 Å². The van der Waals surface area contributed by atoms with Crippen molar-refractivity contribution in [2.24, 2.45) is 0 Å². The number of rotatable bonds is 6. The van der Waals surface area contributed by atoms with Crippen LogP contribution in [0.5, 0.6) is 5.75 Å². The fraction of sp³-hybridized carbons (Fsp3) is 0.538. The molecule has 0 amide bonds. The monoisotopic (exact) mass is 348 g/mol. The van der Waals surface area contributed by atoms with E-state index in [1.165, 1.54) is 24.8 Å². The molecule has 0 saturated heterocycles. The van der Waals surface area contributed by atoms with Gasteiger partial charge in [-0.3, -0.25) is 0 Å². The fourth-order valence-corrected chi connectivity index (χ4v) is 2.65. The molecule has 0 heterocycles. The third-order valence-corrected chi connectivity index (χ3v) is 4.03. The molecule has 90 valence electrons. The molecule has 0 spiro atoms. The van der Waals surface area contributed by atoms with Crippen molar-refractivity contribution in [2.75, 3.05) is 6.61 Å². The van der Waals surface area contributed by atoms with E-state index in [4.69, 9.17) is 4.74 Å². The van der Waals surface area contributed by atoms with Crippen molar-refractivity contribution in [1.82, 2.24) is 0 Å². The zero-order valence-corrected chi connectivity index (χ0v) is 13.0. The van der Waals surface area contributed by atoms with Gasteiger partial charge in [0.1, 0.15) is 5.75 Å². The topological polar surface area (TPSA) is 9.23 Å². The molecular weight excluding hydrogens is 332 g/mol. The maximum absolute atomic E-state index is 5.49. The Hall–Kier alpha value is -0.0200. The first kappa shape index (κ1) is 14.0. The summed E-state index contributed by atoms with van der Waals surface area (Å²) in [5.41, 5.74) is 1.31. The van der Waals surface area contributed by atoms with Gasteiger partial charge in [-0.05, 0) is 47.0 Å². The summed E-state index contributed by atoms with van der Waals surface area (Å²) < 4.78 is 6.53. The summed E-state index contributed by atoms with van der Waals surface area (Å²) in [7, 11) is 0. The third kappa shape index (κ3) is 4.10. The lowest BCUT2D eigenvalue weighted by atomic mass is 10.1. The van der Waals surface area contributed by atoms with Gasteiger partial charge in [-0.25, -0.2) is 0 Å². The van der Waals surface area contributed by atoms with E-state index in [2.05, 4.69) is 50.9 Å². The molecule has 1 aromatic carbocycles. The Labute approximate surface area is 115 Å². The SMILES string of the molecule is CCCCC(Br)c1ccc(OCC)c(Br)c1. The van der Waals surface area contributed by atoms with Crippen LogP contribution in [-0.4, -0.2) is 6.61 Å². The summed E-state index contributed by atoms with van der Waals surface area (Å²) in [6.07, 6.45) is 3.66. The Morgan fingerprint density at radius 3 is 2.62 bits per heavy atom. The van der Waals surface area contributed by atoms with E-state index in [-0.39, 0.29) is 0 Å². The summed E-state index contributed by atoms with van der Waals surface area (Å²) in [6, 6.07) is 6.30. The summed E-state index contributed by atoms with van der Waals surface area (Å²) in [4.78, 5) is 0.444. The Balaban J connectivity index is 2.71. The predicted octanol–water partition coefficient (Wildman–Crippen LogP) is 5.47. The average Bonchev–Trinajstić information content (AvgIpc) is 2.29. The highest BCUT2D eigenvalue weighted by Crippen LogP contribution is 2.33. The van der Waals surface area contributed by atoms with Gasteiger partial charge in [-0.15, -0.1) is 0 Å². The van der Waals surface area contributed by atoms with E-state index in [1.54, 1.807) is 0 Å². The van der Waals surface area contributed by atoms with E-state index in [9.17, 15) is 0 Å². The van der Waals surface area contributed by atoms with Crippen LogP contribution in [0.3, 0.4) is 0 Å². The molecule has 1 atom stereocenters. The standard InChI is InChI=1S/C13H18Br2O/c1-3-5-6-11(14)10-7-8-13(16-4-2)12(15)9-10/h7-9,11H,3-6H2,1-2H3. The highest BCUT2D eigenvalue weighted by atomic mass is 79.9. The van der Waals surface area contributed by atoms with E-state index in [1.807, 2.05) is 13.0 Å². The first-order chi connectivity index (χ1) is 7.69. The number of halogens is 2. The van der Waals surface area contributed by atoms with Gasteiger partial charge in [0.05, 0.1) is 11.1 Å². The first-order valence-corrected chi connectivity index (χ1v) is 7.46. The Morgan fingerprint density at radius 1 is 1.31 bits per heavy atom.